The van der Waals surface area contributed by atoms with Crippen molar-refractivity contribution in [2.24, 2.45) is 0 Å². The first-order chi connectivity index (χ1) is 8.56. The van der Waals surface area contributed by atoms with Gasteiger partial charge in [-0.25, -0.2) is 0 Å². The second-order valence-corrected chi connectivity index (χ2v) is 5.67. The third kappa shape index (κ3) is 5.36. The number of piperidine rings is 1. The van der Waals surface area contributed by atoms with Crippen molar-refractivity contribution in [3.05, 3.63) is 0 Å². The molecule has 0 aromatic carbocycles. The lowest BCUT2D eigenvalue weighted by molar-refractivity contribution is -0.126. The summed E-state index contributed by atoms with van der Waals surface area (Å²) in [5, 5.41) is 6.21. The first kappa shape index (κ1) is 15.4. The first-order valence-electron chi connectivity index (χ1n) is 7.32. The second kappa shape index (κ2) is 7.74. The average Bonchev–Trinajstić information content (AvgIpc) is 2.35. The largest absolute Gasteiger partial charge is 0.354 e. The highest BCUT2D eigenvalue weighted by Crippen LogP contribution is 2.08. The third-order valence-corrected chi connectivity index (χ3v) is 3.57. The topological polar surface area (TPSA) is 44.4 Å². The van der Waals surface area contributed by atoms with Crippen molar-refractivity contribution < 1.29 is 4.79 Å². The van der Waals surface area contributed by atoms with Crippen LogP contribution < -0.4 is 10.6 Å². The third-order valence-electron chi connectivity index (χ3n) is 3.57. The second-order valence-electron chi connectivity index (χ2n) is 5.67. The average molecular weight is 255 g/mol. The van der Waals surface area contributed by atoms with E-state index in [9.17, 15) is 4.79 Å². The van der Waals surface area contributed by atoms with Crippen LogP contribution in [0.2, 0.25) is 0 Å². The molecule has 0 aromatic heterocycles. The molecule has 106 valence electrons. The van der Waals surface area contributed by atoms with Crippen LogP contribution in [0, 0.1) is 0 Å². The van der Waals surface area contributed by atoms with Crippen LogP contribution in [0.5, 0.6) is 0 Å². The SMILES string of the molecule is CCNC(C)(C)C(=O)NCCCN1CCCCC1. The van der Waals surface area contributed by atoms with Crippen LogP contribution in [0.3, 0.4) is 0 Å². The lowest BCUT2D eigenvalue weighted by atomic mass is 10.0. The van der Waals surface area contributed by atoms with Crippen molar-refractivity contribution >= 4 is 5.91 Å². The zero-order valence-electron chi connectivity index (χ0n) is 12.2. The Kier molecular flexibility index (Phi) is 6.65. The Balaban J connectivity index is 2.11. The molecular formula is C14H29N3O. The van der Waals surface area contributed by atoms with E-state index in [0.29, 0.717) is 0 Å². The number of likely N-dealkylation sites (N-methyl/N-ethyl adjacent to an activating group) is 1. The molecule has 1 amide bonds. The van der Waals surface area contributed by atoms with E-state index in [0.717, 1.165) is 26.1 Å². The van der Waals surface area contributed by atoms with E-state index in [4.69, 9.17) is 0 Å². The van der Waals surface area contributed by atoms with Crippen LogP contribution in [-0.4, -0.2) is 49.1 Å². The van der Waals surface area contributed by atoms with Gasteiger partial charge in [0.05, 0.1) is 5.54 Å². The number of nitrogens with zero attached hydrogens (tertiary/aromatic N) is 1. The summed E-state index contributed by atoms with van der Waals surface area (Å²) >= 11 is 0. The van der Waals surface area contributed by atoms with E-state index >= 15 is 0 Å². The summed E-state index contributed by atoms with van der Waals surface area (Å²) in [7, 11) is 0. The minimum Gasteiger partial charge on any atom is -0.354 e. The fourth-order valence-electron chi connectivity index (χ4n) is 2.43. The molecule has 1 aliphatic rings. The van der Waals surface area contributed by atoms with Crippen LogP contribution in [0.4, 0.5) is 0 Å². The summed E-state index contributed by atoms with van der Waals surface area (Å²) < 4.78 is 0. The maximum absolute atomic E-state index is 11.9. The van der Waals surface area contributed by atoms with E-state index in [1.54, 1.807) is 0 Å². The summed E-state index contributed by atoms with van der Waals surface area (Å²) in [4.78, 5) is 14.4. The Labute approximate surface area is 111 Å². The zero-order valence-corrected chi connectivity index (χ0v) is 12.2. The van der Waals surface area contributed by atoms with E-state index < -0.39 is 5.54 Å². The Morgan fingerprint density at radius 1 is 1.22 bits per heavy atom. The molecule has 0 aromatic rings. The summed E-state index contributed by atoms with van der Waals surface area (Å²) in [6.07, 6.45) is 5.09. The Hall–Kier alpha value is -0.610. The number of nitrogens with one attached hydrogen (secondary N) is 2. The molecule has 1 fully saturated rings. The minimum absolute atomic E-state index is 0.1000. The number of hydrogen-bond acceptors (Lipinski definition) is 3. The van der Waals surface area contributed by atoms with Crippen molar-refractivity contribution in [2.75, 3.05) is 32.7 Å². The molecule has 0 radical (unpaired) electrons. The van der Waals surface area contributed by atoms with Gasteiger partial charge >= 0.3 is 0 Å². The van der Waals surface area contributed by atoms with Crippen molar-refractivity contribution in [1.29, 1.82) is 0 Å². The maximum Gasteiger partial charge on any atom is 0.239 e. The number of carbonyl (C=O) groups excluding carboxylic acids is 1. The van der Waals surface area contributed by atoms with Crippen LogP contribution in [-0.2, 0) is 4.79 Å². The summed E-state index contributed by atoms with van der Waals surface area (Å²) in [5.74, 6) is 0.1000. The van der Waals surface area contributed by atoms with Gasteiger partial charge in [0, 0.05) is 6.54 Å². The smallest absolute Gasteiger partial charge is 0.239 e. The van der Waals surface area contributed by atoms with Crippen LogP contribution >= 0.6 is 0 Å². The molecule has 0 bridgehead atoms. The molecule has 1 rings (SSSR count). The van der Waals surface area contributed by atoms with Gasteiger partial charge in [-0.15, -0.1) is 0 Å². The fourth-order valence-corrected chi connectivity index (χ4v) is 2.43. The van der Waals surface area contributed by atoms with Gasteiger partial charge in [0.15, 0.2) is 0 Å². The summed E-state index contributed by atoms with van der Waals surface area (Å²) in [6, 6.07) is 0. The van der Waals surface area contributed by atoms with Gasteiger partial charge in [-0.3, -0.25) is 4.79 Å². The molecule has 1 heterocycles. The monoisotopic (exact) mass is 255 g/mol. The predicted molar refractivity (Wildman–Crippen MR) is 75.7 cm³/mol. The fraction of sp³-hybridized carbons (Fsp3) is 0.929. The number of rotatable bonds is 7. The van der Waals surface area contributed by atoms with Crippen molar-refractivity contribution in [3.63, 3.8) is 0 Å². The normalized spacial score (nSPS) is 17.7. The molecular weight excluding hydrogens is 226 g/mol. The van der Waals surface area contributed by atoms with Gasteiger partial charge in [0.1, 0.15) is 0 Å². The molecule has 0 aliphatic carbocycles. The maximum atomic E-state index is 11.9. The highest BCUT2D eigenvalue weighted by molar-refractivity contribution is 5.85. The highest BCUT2D eigenvalue weighted by atomic mass is 16.2. The van der Waals surface area contributed by atoms with Gasteiger partial charge in [-0.2, -0.15) is 0 Å². The molecule has 1 aliphatic heterocycles. The zero-order chi connectivity index (χ0) is 13.4. The summed E-state index contributed by atoms with van der Waals surface area (Å²) in [6.45, 7) is 11.0. The predicted octanol–water partition coefficient (Wildman–Crippen LogP) is 1.37. The van der Waals surface area contributed by atoms with Crippen molar-refractivity contribution in [3.8, 4) is 0 Å². The van der Waals surface area contributed by atoms with Gasteiger partial charge in [-0.05, 0) is 59.3 Å². The summed E-state index contributed by atoms with van der Waals surface area (Å²) in [5.41, 5.74) is -0.458. The Bertz CT molecular complexity index is 247. The number of hydrogen-bond donors (Lipinski definition) is 2. The molecule has 2 N–H and O–H groups in total. The number of carbonyl (C=O) groups is 1. The van der Waals surface area contributed by atoms with Gasteiger partial charge < -0.3 is 15.5 Å². The lowest BCUT2D eigenvalue weighted by Gasteiger charge is -2.27. The van der Waals surface area contributed by atoms with Crippen LogP contribution in [0.1, 0.15) is 46.5 Å². The van der Waals surface area contributed by atoms with Crippen LogP contribution in [0.25, 0.3) is 0 Å². The van der Waals surface area contributed by atoms with Gasteiger partial charge in [0.25, 0.3) is 0 Å². The van der Waals surface area contributed by atoms with Crippen molar-refractivity contribution in [1.82, 2.24) is 15.5 Å². The highest BCUT2D eigenvalue weighted by Gasteiger charge is 2.25. The molecule has 0 spiro atoms. The van der Waals surface area contributed by atoms with Crippen LogP contribution in [0.15, 0.2) is 0 Å². The molecule has 0 unspecified atom stereocenters. The molecule has 0 saturated carbocycles. The Morgan fingerprint density at radius 2 is 1.89 bits per heavy atom. The molecule has 0 atom stereocenters. The van der Waals surface area contributed by atoms with E-state index in [-0.39, 0.29) is 5.91 Å². The van der Waals surface area contributed by atoms with E-state index in [1.165, 1.54) is 32.4 Å². The van der Waals surface area contributed by atoms with Crippen molar-refractivity contribution in [2.45, 2.75) is 52.0 Å². The molecule has 4 nitrogen and oxygen atoms in total. The van der Waals surface area contributed by atoms with Gasteiger partial charge in [-0.1, -0.05) is 13.3 Å². The first-order valence-corrected chi connectivity index (χ1v) is 7.32. The van der Waals surface area contributed by atoms with Gasteiger partial charge in [0.2, 0.25) is 5.91 Å². The molecule has 4 heteroatoms. The Morgan fingerprint density at radius 3 is 2.50 bits per heavy atom. The number of amides is 1. The van der Waals surface area contributed by atoms with E-state index in [1.807, 2.05) is 20.8 Å². The van der Waals surface area contributed by atoms with E-state index in [2.05, 4.69) is 15.5 Å². The molecule has 1 saturated heterocycles. The molecule has 18 heavy (non-hydrogen) atoms. The minimum atomic E-state index is -0.458. The lowest BCUT2D eigenvalue weighted by Crippen LogP contribution is -2.52. The number of likely N-dealkylation sites (tertiary alicyclic amines) is 1. The quantitative estimate of drug-likeness (QED) is 0.675. The standard InChI is InChI=1S/C14H29N3O/c1-4-16-14(2,3)13(18)15-9-8-12-17-10-6-5-7-11-17/h16H,4-12H2,1-3H3,(H,15,18).